The molecule has 0 aliphatic carbocycles. The van der Waals surface area contributed by atoms with Gasteiger partial charge in [0.05, 0.1) is 0 Å². The molecule has 0 atom stereocenters. The molecule has 0 aliphatic heterocycles. The molecule has 0 spiro atoms. The summed E-state index contributed by atoms with van der Waals surface area (Å²) >= 11 is 7.12. The summed E-state index contributed by atoms with van der Waals surface area (Å²) in [6.45, 7) is 0. The molecular weight excluding hydrogens is 199 g/mol. The van der Waals surface area contributed by atoms with Gasteiger partial charge in [0.2, 0.25) is 0 Å². The Morgan fingerprint density at radius 1 is 1.58 bits per heavy atom. The Morgan fingerprint density at radius 3 is 3.00 bits per heavy atom. The maximum Gasteiger partial charge on any atom is 0.165 e. The molecule has 0 radical (unpaired) electrons. The molecule has 1 aromatic carbocycles. The van der Waals surface area contributed by atoms with Gasteiger partial charge in [0, 0.05) is 11.1 Å². The third kappa shape index (κ3) is 2.57. The minimum atomic E-state index is -0.381. The van der Waals surface area contributed by atoms with E-state index in [4.69, 9.17) is 16.3 Å². The molecule has 4 heteroatoms. The van der Waals surface area contributed by atoms with E-state index in [1.165, 1.54) is 30.0 Å². The highest BCUT2D eigenvalue weighted by molar-refractivity contribution is 7.98. The number of ether oxygens (including phenoxy) is 1. The van der Waals surface area contributed by atoms with Crippen LogP contribution in [0.3, 0.4) is 0 Å². The van der Waals surface area contributed by atoms with E-state index < -0.39 is 0 Å². The highest BCUT2D eigenvalue weighted by Gasteiger charge is 2.02. The molecule has 0 heterocycles. The minimum Gasteiger partial charge on any atom is -0.480 e. The minimum absolute atomic E-state index is 0.205. The second-order valence-electron chi connectivity index (χ2n) is 2.13. The van der Waals surface area contributed by atoms with Crippen molar-refractivity contribution in [1.29, 1.82) is 0 Å². The smallest absolute Gasteiger partial charge is 0.165 e. The van der Waals surface area contributed by atoms with Gasteiger partial charge in [0.1, 0.15) is 5.94 Å². The van der Waals surface area contributed by atoms with Gasteiger partial charge in [-0.25, -0.2) is 4.39 Å². The quantitative estimate of drug-likeness (QED) is 0.703. The molecule has 0 saturated heterocycles. The summed E-state index contributed by atoms with van der Waals surface area (Å²) in [6, 6.07) is 4.24. The van der Waals surface area contributed by atoms with Gasteiger partial charge in [-0.2, -0.15) is 0 Å². The summed E-state index contributed by atoms with van der Waals surface area (Å²) in [5, 5.41) is 0.479. The Morgan fingerprint density at radius 2 is 2.33 bits per heavy atom. The highest BCUT2D eigenvalue weighted by Crippen LogP contribution is 2.22. The van der Waals surface area contributed by atoms with Crippen molar-refractivity contribution in [2.24, 2.45) is 0 Å². The van der Waals surface area contributed by atoms with E-state index >= 15 is 0 Å². The average Bonchev–Trinajstić information content (AvgIpc) is 2.07. The predicted molar refractivity (Wildman–Crippen MR) is 50.4 cm³/mol. The molecule has 1 rings (SSSR count). The fourth-order valence-corrected chi connectivity index (χ4v) is 1.12. The van der Waals surface area contributed by atoms with Crippen LogP contribution in [0.15, 0.2) is 18.2 Å². The molecule has 66 valence electrons. The first-order valence-corrected chi connectivity index (χ1v) is 5.08. The monoisotopic (exact) mass is 206 g/mol. The summed E-state index contributed by atoms with van der Waals surface area (Å²) in [5.74, 6) is 0.252. The van der Waals surface area contributed by atoms with Crippen molar-refractivity contribution in [3.05, 3.63) is 29.0 Å². The maximum absolute atomic E-state index is 12.9. The molecule has 0 saturated carbocycles. The Balaban J connectivity index is 2.75. The van der Waals surface area contributed by atoms with E-state index in [1.54, 1.807) is 0 Å². The first-order valence-electron chi connectivity index (χ1n) is 3.31. The van der Waals surface area contributed by atoms with Crippen molar-refractivity contribution in [3.8, 4) is 5.75 Å². The lowest BCUT2D eigenvalue weighted by molar-refractivity contribution is 0.368. The van der Waals surface area contributed by atoms with Crippen molar-refractivity contribution in [2.45, 2.75) is 0 Å². The summed E-state index contributed by atoms with van der Waals surface area (Å²) in [6.07, 6.45) is 1.88. The Labute approximate surface area is 79.9 Å². The number of benzene rings is 1. The Kier molecular flexibility index (Phi) is 3.69. The van der Waals surface area contributed by atoms with Crippen LogP contribution in [0.1, 0.15) is 0 Å². The van der Waals surface area contributed by atoms with Crippen LogP contribution >= 0.6 is 23.4 Å². The van der Waals surface area contributed by atoms with Gasteiger partial charge in [-0.05, 0) is 18.4 Å². The van der Waals surface area contributed by atoms with Crippen molar-refractivity contribution >= 4 is 23.4 Å². The first-order chi connectivity index (χ1) is 5.74. The SMILES string of the molecule is CSCOc1cc(Cl)ccc1F. The van der Waals surface area contributed by atoms with Crippen LogP contribution in [0, 0.1) is 5.82 Å². The van der Waals surface area contributed by atoms with Crippen molar-refractivity contribution in [1.82, 2.24) is 0 Å². The van der Waals surface area contributed by atoms with Gasteiger partial charge in [0.15, 0.2) is 11.6 Å². The van der Waals surface area contributed by atoms with Gasteiger partial charge >= 0.3 is 0 Å². The number of thioether (sulfide) groups is 1. The molecule has 0 aliphatic rings. The molecule has 0 N–H and O–H groups in total. The lowest BCUT2D eigenvalue weighted by atomic mass is 10.3. The summed E-state index contributed by atoms with van der Waals surface area (Å²) in [7, 11) is 0. The fraction of sp³-hybridized carbons (Fsp3) is 0.250. The average molecular weight is 207 g/mol. The van der Waals surface area contributed by atoms with E-state index in [0.717, 1.165) is 0 Å². The van der Waals surface area contributed by atoms with Gasteiger partial charge < -0.3 is 4.74 Å². The van der Waals surface area contributed by atoms with Gasteiger partial charge in [-0.3, -0.25) is 0 Å². The molecule has 1 nitrogen and oxygen atoms in total. The van der Waals surface area contributed by atoms with Crippen LogP contribution in [0.25, 0.3) is 0 Å². The molecule has 0 bridgehead atoms. The van der Waals surface area contributed by atoms with Gasteiger partial charge in [-0.15, -0.1) is 11.8 Å². The zero-order valence-electron chi connectivity index (χ0n) is 6.51. The molecule has 12 heavy (non-hydrogen) atoms. The van der Waals surface area contributed by atoms with Crippen LogP contribution in [0.2, 0.25) is 5.02 Å². The third-order valence-electron chi connectivity index (χ3n) is 1.23. The summed E-state index contributed by atoms with van der Waals surface area (Å²) in [4.78, 5) is 0. The zero-order chi connectivity index (χ0) is 8.97. The molecule has 0 amide bonds. The zero-order valence-corrected chi connectivity index (χ0v) is 8.08. The number of halogens is 2. The van der Waals surface area contributed by atoms with Gasteiger partial charge in [-0.1, -0.05) is 11.6 Å². The molecular formula is C8H8ClFOS. The van der Waals surface area contributed by atoms with Crippen LogP contribution in [-0.2, 0) is 0 Å². The number of hydrogen-bond acceptors (Lipinski definition) is 2. The lowest BCUT2D eigenvalue weighted by Gasteiger charge is -2.04. The normalized spacial score (nSPS) is 9.92. The van der Waals surface area contributed by atoms with E-state index in [1.807, 2.05) is 6.26 Å². The van der Waals surface area contributed by atoms with Crippen LogP contribution < -0.4 is 4.74 Å². The molecule has 0 aromatic heterocycles. The number of rotatable bonds is 3. The van der Waals surface area contributed by atoms with Crippen LogP contribution in [0.5, 0.6) is 5.75 Å². The van der Waals surface area contributed by atoms with Gasteiger partial charge in [0.25, 0.3) is 0 Å². The van der Waals surface area contributed by atoms with Crippen molar-refractivity contribution in [2.75, 3.05) is 12.2 Å². The molecule has 0 fully saturated rings. The first kappa shape index (κ1) is 9.68. The summed E-state index contributed by atoms with van der Waals surface area (Å²) in [5.41, 5.74) is 0. The Bertz CT molecular complexity index is 267. The second kappa shape index (κ2) is 4.58. The highest BCUT2D eigenvalue weighted by atomic mass is 35.5. The lowest BCUT2D eigenvalue weighted by Crippen LogP contribution is -1.94. The Hall–Kier alpha value is -0.410. The van der Waals surface area contributed by atoms with Crippen LogP contribution in [0.4, 0.5) is 4.39 Å². The maximum atomic E-state index is 12.9. The largest absolute Gasteiger partial charge is 0.480 e. The van der Waals surface area contributed by atoms with Crippen molar-refractivity contribution < 1.29 is 9.13 Å². The third-order valence-corrected chi connectivity index (χ3v) is 1.81. The van der Waals surface area contributed by atoms with Crippen LogP contribution in [-0.4, -0.2) is 12.2 Å². The fourth-order valence-electron chi connectivity index (χ4n) is 0.710. The number of hydrogen-bond donors (Lipinski definition) is 0. The van der Waals surface area contributed by atoms with E-state index in [0.29, 0.717) is 11.0 Å². The summed E-state index contributed by atoms with van der Waals surface area (Å²) < 4.78 is 18.0. The topological polar surface area (TPSA) is 9.23 Å². The van der Waals surface area contributed by atoms with Crippen molar-refractivity contribution in [3.63, 3.8) is 0 Å². The van der Waals surface area contributed by atoms with E-state index in [9.17, 15) is 4.39 Å². The molecule has 0 unspecified atom stereocenters. The second-order valence-corrected chi connectivity index (χ2v) is 3.38. The van der Waals surface area contributed by atoms with E-state index in [-0.39, 0.29) is 11.6 Å². The predicted octanol–water partition coefficient (Wildman–Crippen LogP) is 3.18. The van der Waals surface area contributed by atoms with E-state index in [2.05, 4.69) is 0 Å². The standard InChI is InChI=1S/C8H8ClFOS/c1-12-5-11-8-4-6(9)2-3-7(8)10/h2-4H,5H2,1H3. The molecule has 1 aromatic rings.